The van der Waals surface area contributed by atoms with Gasteiger partial charge < -0.3 is 14.8 Å². The van der Waals surface area contributed by atoms with Gasteiger partial charge in [0.05, 0.1) is 14.2 Å². The summed E-state index contributed by atoms with van der Waals surface area (Å²) in [6.45, 7) is 2.77. The largest absolute Gasteiger partial charge is 0.497 e. The molecule has 0 aliphatic rings. The molecule has 0 saturated carbocycles. The molecule has 1 aromatic carbocycles. The smallest absolute Gasteiger partial charge is 0.126 e. The summed E-state index contributed by atoms with van der Waals surface area (Å²) in [7, 11) is 3.35. The Hall–Kier alpha value is -2.23. The third kappa shape index (κ3) is 3.63. The molecule has 0 aliphatic carbocycles. The maximum atomic E-state index is 5.37. The number of rotatable bonds is 6. The number of anilines is 1. The first-order chi connectivity index (χ1) is 9.72. The van der Waals surface area contributed by atoms with Gasteiger partial charge in [-0.05, 0) is 49.2 Å². The van der Waals surface area contributed by atoms with E-state index in [9.17, 15) is 0 Å². The van der Waals surface area contributed by atoms with Gasteiger partial charge in [-0.1, -0.05) is 6.07 Å². The molecule has 1 heterocycles. The molecule has 1 aromatic heterocycles. The van der Waals surface area contributed by atoms with E-state index in [-0.39, 0.29) is 0 Å². The molecule has 0 radical (unpaired) electrons. The molecule has 4 heteroatoms. The highest BCUT2D eigenvalue weighted by molar-refractivity contribution is 5.41. The summed E-state index contributed by atoms with van der Waals surface area (Å²) in [4.78, 5) is 4.41. The van der Waals surface area contributed by atoms with Gasteiger partial charge in [0.15, 0.2) is 0 Å². The molecule has 0 bridgehead atoms. The molecule has 0 atom stereocenters. The van der Waals surface area contributed by atoms with Crippen molar-refractivity contribution >= 4 is 5.82 Å². The molecule has 0 unspecified atom stereocenters. The summed E-state index contributed by atoms with van der Waals surface area (Å²) in [5.74, 6) is 2.62. The predicted molar refractivity (Wildman–Crippen MR) is 80.7 cm³/mol. The Morgan fingerprint density at radius 3 is 2.65 bits per heavy atom. The zero-order valence-corrected chi connectivity index (χ0v) is 12.1. The topological polar surface area (TPSA) is 43.4 Å². The van der Waals surface area contributed by atoms with Gasteiger partial charge in [0, 0.05) is 12.2 Å². The van der Waals surface area contributed by atoms with Gasteiger partial charge in [-0.3, -0.25) is 0 Å². The van der Waals surface area contributed by atoms with Crippen LogP contribution in [0.5, 0.6) is 11.5 Å². The van der Waals surface area contributed by atoms with Gasteiger partial charge in [-0.25, -0.2) is 4.98 Å². The number of aryl methyl sites for hydroxylation is 1. The standard InChI is InChI=1S/C16H20N2O2/c1-12-5-4-6-16(18-12)17-10-9-13-11-14(19-2)7-8-15(13)20-3/h4-8,11H,9-10H2,1-3H3,(H,17,18). The molecule has 0 amide bonds. The van der Waals surface area contributed by atoms with Gasteiger partial charge in [0.2, 0.25) is 0 Å². The van der Waals surface area contributed by atoms with Gasteiger partial charge >= 0.3 is 0 Å². The van der Waals surface area contributed by atoms with Crippen LogP contribution in [0.25, 0.3) is 0 Å². The van der Waals surface area contributed by atoms with Crippen LogP contribution < -0.4 is 14.8 Å². The number of aromatic nitrogens is 1. The van der Waals surface area contributed by atoms with Crippen LogP contribution in [-0.2, 0) is 6.42 Å². The van der Waals surface area contributed by atoms with E-state index in [1.165, 1.54) is 0 Å². The highest BCUT2D eigenvalue weighted by Gasteiger charge is 2.05. The Kier molecular flexibility index (Phi) is 4.82. The molecule has 2 rings (SSSR count). The van der Waals surface area contributed by atoms with Crippen molar-refractivity contribution in [3.63, 3.8) is 0 Å². The van der Waals surface area contributed by atoms with E-state index in [1.54, 1.807) is 14.2 Å². The van der Waals surface area contributed by atoms with Crippen LogP contribution in [0.2, 0.25) is 0 Å². The second-order valence-corrected chi connectivity index (χ2v) is 4.52. The molecule has 20 heavy (non-hydrogen) atoms. The van der Waals surface area contributed by atoms with Crippen LogP contribution in [0.4, 0.5) is 5.82 Å². The maximum absolute atomic E-state index is 5.37. The molecular formula is C16H20N2O2. The van der Waals surface area contributed by atoms with Gasteiger partial charge in [0.1, 0.15) is 17.3 Å². The van der Waals surface area contributed by atoms with Crippen LogP contribution in [0.3, 0.4) is 0 Å². The normalized spacial score (nSPS) is 10.2. The Labute approximate surface area is 119 Å². The molecular weight excluding hydrogens is 252 g/mol. The highest BCUT2D eigenvalue weighted by Crippen LogP contribution is 2.24. The van der Waals surface area contributed by atoms with Gasteiger partial charge in [-0.15, -0.1) is 0 Å². The van der Waals surface area contributed by atoms with E-state index >= 15 is 0 Å². The fourth-order valence-corrected chi connectivity index (χ4v) is 2.04. The van der Waals surface area contributed by atoms with E-state index < -0.39 is 0 Å². The average Bonchev–Trinajstić information content (AvgIpc) is 2.47. The molecule has 106 valence electrons. The molecule has 0 aliphatic heterocycles. The average molecular weight is 272 g/mol. The van der Waals surface area contributed by atoms with E-state index in [2.05, 4.69) is 10.3 Å². The van der Waals surface area contributed by atoms with Gasteiger partial charge in [0.25, 0.3) is 0 Å². The van der Waals surface area contributed by atoms with Crippen LogP contribution in [0.1, 0.15) is 11.3 Å². The SMILES string of the molecule is COc1ccc(OC)c(CCNc2cccc(C)n2)c1. The third-order valence-corrected chi connectivity index (χ3v) is 3.08. The second kappa shape index (κ2) is 6.80. The number of methoxy groups -OCH3 is 2. The monoisotopic (exact) mass is 272 g/mol. The second-order valence-electron chi connectivity index (χ2n) is 4.52. The molecule has 0 saturated heterocycles. The maximum Gasteiger partial charge on any atom is 0.126 e. The fraction of sp³-hybridized carbons (Fsp3) is 0.312. The zero-order valence-electron chi connectivity index (χ0n) is 12.1. The van der Waals surface area contributed by atoms with Crippen LogP contribution >= 0.6 is 0 Å². The van der Waals surface area contributed by atoms with Crippen molar-refractivity contribution in [3.05, 3.63) is 47.7 Å². The summed E-state index contributed by atoms with van der Waals surface area (Å²) in [6.07, 6.45) is 0.843. The van der Waals surface area contributed by atoms with E-state index in [4.69, 9.17) is 9.47 Å². The molecule has 4 nitrogen and oxygen atoms in total. The fourth-order valence-electron chi connectivity index (χ4n) is 2.04. The number of ether oxygens (including phenoxy) is 2. The Morgan fingerprint density at radius 2 is 1.95 bits per heavy atom. The molecule has 1 N–H and O–H groups in total. The van der Waals surface area contributed by atoms with Crippen LogP contribution in [0.15, 0.2) is 36.4 Å². The number of nitrogens with zero attached hydrogens (tertiary/aromatic N) is 1. The van der Waals surface area contributed by atoms with E-state index in [0.717, 1.165) is 41.5 Å². The number of nitrogens with one attached hydrogen (secondary N) is 1. The lowest BCUT2D eigenvalue weighted by Gasteiger charge is -2.11. The Bertz CT molecular complexity index is 570. The van der Waals surface area contributed by atoms with Gasteiger partial charge in [-0.2, -0.15) is 0 Å². The summed E-state index contributed by atoms with van der Waals surface area (Å²) in [6, 6.07) is 11.8. The van der Waals surface area contributed by atoms with Crippen LogP contribution in [-0.4, -0.2) is 25.7 Å². The minimum atomic E-state index is 0.792. The summed E-state index contributed by atoms with van der Waals surface area (Å²) < 4.78 is 10.6. The highest BCUT2D eigenvalue weighted by atomic mass is 16.5. The van der Waals surface area contributed by atoms with Crippen molar-refractivity contribution < 1.29 is 9.47 Å². The number of benzene rings is 1. The lowest BCUT2D eigenvalue weighted by molar-refractivity contribution is 0.399. The summed E-state index contributed by atoms with van der Waals surface area (Å²) in [5, 5.41) is 3.32. The Morgan fingerprint density at radius 1 is 1.10 bits per heavy atom. The first-order valence-corrected chi connectivity index (χ1v) is 6.61. The minimum absolute atomic E-state index is 0.792. The predicted octanol–water partition coefficient (Wildman–Crippen LogP) is 3.06. The molecule has 0 spiro atoms. The number of pyridine rings is 1. The Balaban J connectivity index is 1.99. The van der Waals surface area contributed by atoms with Crippen molar-refractivity contribution in [3.8, 4) is 11.5 Å². The minimum Gasteiger partial charge on any atom is -0.497 e. The first kappa shape index (κ1) is 14.2. The van der Waals surface area contributed by atoms with E-state index in [0.29, 0.717) is 0 Å². The number of hydrogen-bond donors (Lipinski definition) is 1. The number of hydrogen-bond acceptors (Lipinski definition) is 4. The van der Waals surface area contributed by atoms with Crippen molar-refractivity contribution in [1.29, 1.82) is 0 Å². The lowest BCUT2D eigenvalue weighted by Crippen LogP contribution is -2.07. The molecule has 0 fully saturated rings. The third-order valence-electron chi connectivity index (χ3n) is 3.08. The summed E-state index contributed by atoms with van der Waals surface area (Å²) >= 11 is 0. The van der Waals surface area contributed by atoms with Crippen molar-refractivity contribution in [2.75, 3.05) is 26.1 Å². The first-order valence-electron chi connectivity index (χ1n) is 6.61. The van der Waals surface area contributed by atoms with Crippen LogP contribution in [0, 0.1) is 6.92 Å². The lowest BCUT2D eigenvalue weighted by atomic mass is 10.1. The van der Waals surface area contributed by atoms with Crippen molar-refractivity contribution in [1.82, 2.24) is 4.98 Å². The van der Waals surface area contributed by atoms with Crippen molar-refractivity contribution in [2.24, 2.45) is 0 Å². The quantitative estimate of drug-likeness (QED) is 0.877. The summed E-state index contributed by atoms with van der Waals surface area (Å²) in [5.41, 5.74) is 2.13. The van der Waals surface area contributed by atoms with Crippen molar-refractivity contribution in [2.45, 2.75) is 13.3 Å². The zero-order chi connectivity index (χ0) is 14.4. The molecule has 2 aromatic rings. The van der Waals surface area contributed by atoms with E-state index in [1.807, 2.05) is 43.3 Å².